The Kier molecular flexibility index (Phi) is 3.44. The molecule has 3 nitrogen and oxygen atoms in total. The third-order valence-corrected chi connectivity index (χ3v) is 5.10. The first-order valence-corrected chi connectivity index (χ1v) is 7.96. The summed E-state index contributed by atoms with van der Waals surface area (Å²) in [6.45, 7) is 1.94. The van der Waals surface area contributed by atoms with Gasteiger partial charge in [-0.15, -0.1) is 0 Å². The van der Waals surface area contributed by atoms with Crippen molar-refractivity contribution in [1.29, 1.82) is 0 Å². The first-order chi connectivity index (χ1) is 9.53. The smallest absolute Gasteiger partial charge is 0.240 e. The molecule has 2 fully saturated rings. The van der Waals surface area contributed by atoms with Crippen molar-refractivity contribution in [2.75, 3.05) is 4.90 Å². The second-order valence-corrected chi connectivity index (χ2v) is 6.90. The Labute approximate surface area is 127 Å². The van der Waals surface area contributed by atoms with Gasteiger partial charge in [-0.25, -0.2) is 4.90 Å². The van der Waals surface area contributed by atoms with Gasteiger partial charge in [-0.1, -0.05) is 35.2 Å². The van der Waals surface area contributed by atoms with E-state index in [0.717, 1.165) is 41.4 Å². The third kappa shape index (κ3) is 2.10. The molecule has 0 unspecified atom stereocenters. The molecular weight excluding hydrogens is 318 g/mol. The van der Waals surface area contributed by atoms with Gasteiger partial charge in [0.25, 0.3) is 0 Å². The Bertz CT molecular complexity index is 576. The summed E-state index contributed by atoms with van der Waals surface area (Å²) in [5.74, 6) is -0.0186. The molecule has 1 spiro atoms. The van der Waals surface area contributed by atoms with Crippen molar-refractivity contribution in [3.8, 4) is 0 Å². The maximum Gasteiger partial charge on any atom is 0.240 e. The fourth-order valence-electron chi connectivity index (χ4n) is 3.53. The van der Waals surface area contributed by atoms with Crippen LogP contribution >= 0.6 is 15.9 Å². The van der Waals surface area contributed by atoms with E-state index < -0.39 is 5.41 Å². The molecule has 3 rings (SSSR count). The van der Waals surface area contributed by atoms with E-state index in [2.05, 4.69) is 15.9 Å². The Morgan fingerprint density at radius 3 is 2.50 bits per heavy atom. The van der Waals surface area contributed by atoms with E-state index in [1.54, 1.807) is 0 Å². The standard InChI is InChI=1S/C16H18BrNO2/c1-11-9-12(17)5-6-13(11)18-14(19)10-16(15(18)20)7-3-2-4-8-16/h5-6,9H,2-4,7-8,10H2,1H3. The number of carbonyl (C=O) groups excluding carboxylic acids is 2. The summed E-state index contributed by atoms with van der Waals surface area (Å²) < 4.78 is 0.963. The number of carbonyl (C=O) groups is 2. The Hall–Kier alpha value is -1.16. The van der Waals surface area contributed by atoms with Gasteiger partial charge >= 0.3 is 0 Å². The molecule has 1 aliphatic heterocycles. The third-order valence-electron chi connectivity index (χ3n) is 4.61. The van der Waals surface area contributed by atoms with Crippen molar-refractivity contribution in [3.63, 3.8) is 0 Å². The Balaban J connectivity index is 1.98. The van der Waals surface area contributed by atoms with E-state index in [1.165, 1.54) is 11.3 Å². The monoisotopic (exact) mass is 335 g/mol. The Morgan fingerprint density at radius 2 is 1.85 bits per heavy atom. The maximum absolute atomic E-state index is 12.8. The average Bonchev–Trinajstić information content (AvgIpc) is 2.63. The van der Waals surface area contributed by atoms with Crippen molar-refractivity contribution < 1.29 is 9.59 Å². The molecule has 1 aliphatic carbocycles. The van der Waals surface area contributed by atoms with E-state index >= 15 is 0 Å². The highest BCUT2D eigenvalue weighted by atomic mass is 79.9. The number of imide groups is 1. The highest BCUT2D eigenvalue weighted by Crippen LogP contribution is 2.47. The minimum Gasteiger partial charge on any atom is -0.274 e. The fraction of sp³-hybridized carbons (Fsp3) is 0.500. The summed E-state index contributed by atoms with van der Waals surface area (Å²) in [5, 5.41) is 0. The van der Waals surface area contributed by atoms with Crippen molar-refractivity contribution in [3.05, 3.63) is 28.2 Å². The second-order valence-electron chi connectivity index (χ2n) is 5.98. The number of hydrogen-bond acceptors (Lipinski definition) is 2. The molecule has 1 saturated carbocycles. The van der Waals surface area contributed by atoms with Gasteiger partial charge in [-0.2, -0.15) is 0 Å². The lowest BCUT2D eigenvalue weighted by Gasteiger charge is -2.30. The van der Waals surface area contributed by atoms with Crippen LogP contribution in [0.5, 0.6) is 0 Å². The van der Waals surface area contributed by atoms with Gasteiger partial charge in [-0.05, 0) is 43.5 Å². The van der Waals surface area contributed by atoms with Crippen LogP contribution in [0.1, 0.15) is 44.1 Å². The summed E-state index contributed by atoms with van der Waals surface area (Å²) >= 11 is 3.42. The number of hydrogen-bond donors (Lipinski definition) is 0. The van der Waals surface area contributed by atoms with Gasteiger partial charge in [0.15, 0.2) is 0 Å². The van der Waals surface area contributed by atoms with E-state index in [4.69, 9.17) is 0 Å². The van der Waals surface area contributed by atoms with E-state index in [1.807, 2.05) is 25.1 Å². The SMILES string of the molecule is Cc1cc(Br)ccc1N1C(=O)CC2(CCCCC2)C1=O. The lowest BCUT2D eigenvalue weighted by molar-refractivity contribution is -0.127. The van der Waals surface area contributed by atoms with Gasteiger partial charge in [0.2, 0.25) is 11.8 Å². The quantitative estimate of drug-likeness (QED) is 0.728. The molecular formula is C16H18BrNO2. The zero-order valence-electron chi connectivity index (χ0n) is 11.6. The second kappa shape index (κ2) is 4.99. The first kappa shape index (κ1) is 13.8. The van der Waals surface area contributed by atoms with Gasteiger partial charge in [-0.3, -0.25) is 9.59 Å². The summed E-state index contributed by atoms with van der Waals surface area (Å²) in [7, 11) is 0. The van der Waals surface area contributed by atoms with Crippen LogP contribution in [0, 0.1) is 12.3 Å². The fourth-order valence-corrected chi connectivity index (χ4v) is 4.00. The summed E-state index contributed by atoms with van der Waals surface area (Å²) in [5.41, 5.74) is 1.29. The van der Waals surface area contributed by atoms with Gasteiger partial charge in [0.1, 0.15) is 0 Å². The molecule has 0 N–H and O–H groups in total. The van der Waals surface area contributed by atoms with Crippen molar-refractivity contribution in [2.24, 2.45) is 5.41 Å². The summed E-state index contributed by atoms with van der Waals surface area (Å²) in [4.78, 5) is 26.6. The van der Waals surface area contributed by atoms with Crippen LogP contribution in [-0.2, 0) is 9.59 Å². The molecule has 106 valence electrons. The van der Waals surface area contributed by atoms with Crippen molar-refractivity contribution in [1.82, 2.24) is 0 Å². The first-order valence-electron chi connectivity index (χ1n) is 7.17. The van der Waals surface area contributed by atoms with E-state index in [-0.39, 0.29) is 11.8 Å². The number of rotatable bonds is 1. The lowest BCUT2D eigenvalue weighted by Crippen LogP contribution is -2.37. The predicted octanol–water partition coefficient (Wildman–Crippen LogP) is 3.97. The van der Waals surface area contributed by atoms with Crippen LogP contribution in [0.2, 0.25) is 0 Å². The Morgan fingerprint density at radius 1 is 1.15 bits per heavy atom. The number of benzene rings is 1. The minimum atomic E-state index is -0.408. The van der Waals surface area contributed by atoms with Crippen LogP contribution in [0.3, 0.4) is 0 Å². The van der Waals surface area contributed by atoms with Crippen LogP contribution in [-0.4, -0.2) is 11.8 Å². The highest BCUT2D eigenvalue weighted by Gasteiger charge is 2.52. The number of halogens is 1. The summed E-state index contributed by atoms with van der Waals surface area (Å²) in [6, 6.07) is 5.69. The van der Waals surface area contributed by atoms with Gasteiger partial charge in [0, 0.05) is 10.9 Å². The molecule has 2 aliphatic rings. The number of nitrogens with zero attached hydrogens (tertiary/aromatic N) is 1. The van der Waals surface area contributed by atoms with E-state index in [0.29, 0.717) is 6.42 Å². The topological polar surface area (TPSA) is 37.4 Å². The van der Waals surface area contributed by atoms with Gasteiger partial charge in [0.05, 0.1) is 11.1 Å². The van der Waals surface area contributed by atoms with E-state index in [9.17, 15) is 9.59 Å². The van der Waals surface area contributed by atoms with Gasteiger partial charge < -0.3 is 0 Å². The normalized spacial score (nSPS) is 21.8. The van der Waals surface area contributed by atoms with Crippen LogP contribution in [0.4, 0.5) is 5.69 Å². The van der Waals surface area contributed by atoms with Crippen molar-refractivity contribution in [2.45, 2.75) is 45.4 Å². The maximum atomic E-state index is 12.8. The van der Waals surface area contributed by atoms with Crippen LogP contribution < -0.4 is 4.90 Å². The molecule has 1 aromatic carbocycles. The lowest BCUT2D eigenvalue weighted by atomic mass is 9.73. The average molecular weight is 336 g/mol. The van der Waals surface area contributed by atoms with Crippen LogP contribution in [0.25, 0.3) is 0 Å². The van der Waals surface area contributed by atoms with Crippen molar-refractivity contribution >= 4 is 33.4 Å². The predicted molar refractivity (Wildman–Crippen MR) is 81.5 cm³/mol. The molecule has 4 heteroatoms. The highest BCUT2D eigenvalue weighted by molar-refractivity contribution is 9.10. The molecule has 0 atom stereocenters. The minimum absolute atomic E-state index is 0.0209. The molecule has 1 heterocycles. The molecule has 2 amide bonds. The number of anilines is 1. The molecule has 0 aromatic heterocycles. The largest absolute Gasteiger partial charge is 0.274 e. The molecule has 1 saturated heterocycles. The molecule has 0 radical (unpaired) electrons. The van der Waals surface area contributed by atoms with Crippen LogP contribution in [0.15, 0.2) is 22.7 Å². The molecule has 0 bridgehead atoms. The summed E-state index contributed by atoms with van der Waals surface area (Å²) in [6.07, 6.45) is 5.42. The molecule has 1 aromatic rings. The zero-order chi connectivity index (χ0) is 14.3. The number of aryl methyl sites for hydroxylation is 1. The zero-order valence-corrected chi connectivity index (χ0v) is 13.2. The molecule has 20 heavy (non-hydrogen) atoms. The number of amides is 2.